The first-order valence-electron chi connectivity index (χ1n) is 6.61. The Labute approximate surface area is 118 Å². The van der Waals surface area contributed by atoms with Crippen LogP contribution in [0.15, 0.2) is 24.3 Å². The van der Waals surface area contributed by atoms with Crippen molar-refractivity contribution in [1.29, 1.82) is 0 Å². The molecule has 0 aromatic heterocycles. The number of carbonyl (C=O) groups excluding carboxylic acids is 1. The number of urea groups is 1. The van der Waals surface area contributed by atoms with Gasteiger partial charge in [0.15, 0.2) is 0 Å². The summed E-state index contributed by atoms with van der Waals surface area (Å²) in [4.78, 5) is 21.9. The van der Waals surface area contributed by atoms with E-state index in [1.54, 1.807) is 18.2 Å². The zero-order valence-electron chi connectivity index (χ0n) is 11.5. The van der Waals surface area contributed by atoms with Crippen molar-refractivity contribution >= 4 is 17.7 Å². The number of anilines is 1. The molecule has 2 amide bonds. The molecule has 0 spiro atoms. The maximum absolute atomic E-state index is 11.6. The molecule has 0 heterocycles. The van der Waals surface area contributed by atoms with Gasteiger partial charge in [-0.3, -0.25) is 4.79 Å². The van der Waals surface area contributed by atoms with Gasteiger partial charge in [-0.15, -0.1) is 0 Å². The van der Waals surface area contributed by atoms with Gasteiger partial charge in [-0.05, 0) is 31.9 Å². The van der Waals surface area contributed by atoms with E-state index >= 15 is 0 Å². The highest BCUT2D eigenvalue weighted by Gasteiger charge is 2.03. The van der Waals surface area contributed by atoms with Gasteiger partial charge < -0.3 is 20.5 Å². The minimum absolute atomic E-state index is 0.125. The molecule has 20 heavy (non-hydrogen) atoms. The molecule has 110 valence electrons. The molecule has 0 bridgehead atoms. The molecule has 0 saturated carbocycles. The Morgan fingerprint density at radius 2 is 2.10 bits per heavy atom. The molecule has 0 aliphatic rings. The van der Waals surface area contributed by atoms with Crippen LogP contribution in [0.2, 0.25) is 0 Å². The van der Waals surface area contributed by atoms with Crippen LogP contribution in [0.4, 0.5) is 10.5 Å². The summed E-state index contributed by atoms with van der Waals surface area (Å²) in [5, 5.41) is 13.8. The maximum Gasteiger partial charge on any atom is 0.319 e. The number of hydrogen-bond acceptors (Lipinski definition) is 3. The third kappa shape index (κ3) is 6.63. The van der Waals surface area contributed by atoms with Crippen LogP contribution in [-0.2, 0) is 4.79 Å². The zero-order valence-corrected chi connectivity index (χ0v) is 11.5. The van der Waals surface area contributed by atoms with E-state index < -0.39 is 5.97 Å². The molecule has 0 fully saturated rings. The van der Waals surface area contributed by atoms with Crippen LogP contribution < -0.4 is 15.4 Å². The number of carboxylic acid groups (broad SMARTS) is 1. The highest BCUT2D eigenvalue weighted by Crippen LogP contribution is 2.16. The molecule has 3 N–H and O–H groups in total. The van der Waals surface area contributed by atoms with Crippen LogP contribution in [0, 0.1) is 0 Å². The van der Waals surface area contributed by atoms with Crippen LogP contribution in [-0.4, -0.2) is 30.3 Å². The number of amides is 2. The van der Waals surface area contributed by atoms with Crippen molar-refractivity contribution in [2.75, 3.05) is 18.5 Å². The van der Waals surface area contributed by atoms with Gasteiger partial charge >= 0.3 is 12.0 Å². The fourth-order valence-electron chi connectivity index (χ4n) is 1.61. The second-order valence-electron chi connectivity index (χ2n) is 4.19. The minimum atomic E-state index is -0.817. The Bertz CT molecular complexity index is 449. The van der Waals surface area contributed by atoms with Gasteiger partial charge in [0.2, 0.25) is 0 Å². The maximum atomic E-state index is 11.6. The van der Waals surface area contributed by atoms with Crippen molar-refractivity contribution < 1.29 is 19.4 Å². The Morgan fingerprint density at radius 1 is 1.30 bits per heavy atom. The Balaban J connectivity index is 2.27. The van der Waals surface area contributed by atoms with Crippen molar-refractivity contribution in [1.82, 2.24) is 5.32 Å². The summed E-state index contributed by atoms with van der Waals surface area (Å²) in [5.41, 5.74) is 0.652. The first-order chi connectivity index (χ1) is 9.61. The van der Waals surface area contributed by atoms with Gasteiger partial charge in [-0.1, -0.05) is 6.07 Å². The molecule has 1 aromatic carbocycles. The van der Waals surface area contributed by atoms with E-state index in [-0.39, 0.29) is 12.5 Å². The molecular formula is C14H20N2O4. The van der Waals surface area contributed by atoms with E-state index in [4.69, 9.17) is 9.84 Å². The van der Waals surface area contributed by atoms with E-state index in [9.17, 15) is 9.59 Å². The summed E-state index contributed by atoms with van der Waals surface area (Å²) in [6.07, 6.45) is 1.31. The van der Waals surface area contributed by atoms with Crippen LogP contribution in [0.1, 0.15) is 26.2 Å². The monoisotopic (exact) mass is 280 g/mol. The summed E-state index contributed by atoms with van der Waals surface area (Å²) < 4.78 is 5.34. The number of carboxylic acids is 1. The predicted molar refractivity (Wildman–Crippen MR) is 76.1 cm³/mol. The molecular weight excluding hydrogens is 260 g/mol. The molecule has 6 nitrogen and oxygen atoms in total. The van der Waals surface area contributed by atoms with E-state index in [1.165, 1.54) is 0 Å². The highest BCUT2D eigenvalue weighted by molar-refractivity contribution is 5.89. The lowest BCUT2D eigenvalue weighted by atomic mass is 10.2. The van der Waals surface area contributed by atoms with Crippen molar-refractivity contribution in [3.63, 3.8) is 0 Å². The SMILES string of the molecule is CCOc1cccc(NC(=O)NCCCCC(=O)O)c1. The standard InChI is InChI=1S/C14H20N2O4/c1-2-20-12-7-5-6-11(10-12)16-14(19)15-9-4-3-8-13(17)18/h5-7,10H,2-4,8-9H2,1H3,(H,17,18)(H2,15,16,19). The van der Waals surface area contributed by atoms with Crippen LogP contribution in [0.5, 0.6) is 5.75 Å². The van der Waals surface area contributed by atoms with E-state index in [0.29, 0.717) is 37.4 Å². The van der Waals surface area contributed by atoms with E-state index in [1.807, 2.05) is 13.0 Å². The number of unbranched alkanes of at least 4 members (excludes halogenated alkanes) is 1. The lowest BCUT2D eigenvalue weighted by Gasteiger charge is -2.09. The number of ether oxygens (including phenoxy) is 1. The molecule has 0 radical (unpaired) electrons. The van der Waals surface area contributed by atoms with Gasteiger partial charge in [0.1, 0.15) is 5.75 Å². The van der Waals surface area contributed by atoms with Crippen molar-refractivity contribution in [3.8, 4) is 5.75 Å². The number of rotatable bonds is 8. The van der Waals surface area contributed by atoms with Gasteiger partial charge in [-0.2, -0.15) is 0 Å². The lowest BCUT2D eigenvalue weighted by molar-refractivity contribution is -0.137. The number of carbonyl (C=O) groups is 2. The fourth-order valence-corrected chi connectivity index (χ4v) is 1.61. The fraction of sp³-hybridized carbons (Fsp3) is 0.429. The van der Waals surface area contributed by atoms with Crippen LogP contribution in [0.3, 0.4) is 0 Å². The number of nitrogens with one attached hydrogen (secondary N) is 2. The third-order valence-electron chi connectivity index (χ3n) is 2.51. The summed E-state index contributed by atoms with van der Waals surface area (Å²) in [5.74, 6) is -0.117. The van der Waals surface area contributed by atoms with Crippen molar-refractivity contribution in [3.05, 3.63) is 24.3 Å². The average molecular weight is 280 g/mol. The largest absolute Gasteiger partial charge is 0.494 e. The number of benzene rings is 1. The summed E-state index contributed by atoms with van der Waals surface area (Å²) in [6, 6.07) is 6.82. The van der Waals surface area contributed by atoms with E-state index in [2.05, 4.69) is 10.6 Å². The summed E-state index contributed by atoms with van der Waals surface area (Å²) >= 11 is 0. The molecule has 0 aliphatic carbocycles. The smallest absolute Gasteiger partial charge is 0.319 e. The average Bonchev–Trinajstić information content (AvgIpc) is 2.38. The third-order valence-corrected chi connectivity index (χ3v) is 2.51. The summed E-state index contributed by atoms with van der Waals surface area (Å²) in [7, 11) is 0. The van der Waals surface area contributed by atoms with Gasteiger partial charge in [0.25, 0.3) is 0 Å². The molecule has 6 heteroatoms. The van der Waals surface area contributed by atoms with E-state index in [0.717, 1.165) is 0 Å². The normalized spacial score (nSPS) is 9.85. The zero-order chi connectivity index (χ0) is 14.8. The van der Waals surface area contributed by atoms with Crippen molar-refractivity contribution in [2.24, 2.45) is 0 Å². The lowest BCUT2D eigenvalue weighted by Crippen LogP contribution is -2.29. The summed E-state index contributed by atoms with van der Waals surface area (Å²) in [6.45, 7) is 2.91. The molecule has 0 unspecified atom stereocenters. The van der Waals surface area contributed by atoms with Crippen molar-refractivity contribution in [2.45, 2.75) is 26.2 Å². The van der Waals surface area contributed by atoms with Gasteiger partial charge in [-0.25, -0.2) is 4.79 Å². The Hall–Kier alpha value is -2.24. The minimum Gasteiger partial charge on any atom is -0.494 e. The number of aliphatic carboxylic acids is 1. The molecule has 0 saturated heterocycles. The molecule has 1 aromatic rings. The van der Waals surface area contributed by atoms with Crippen LogP contribution in [0.25, 0.3) is 0 Å². The Morgan fingerprint density at radius 3 is 2.80 bits per heavy atom. The topological polar surface area (TPSA) is 87.7 Å². The first kappa shape index (κ1) is 15.8. The molecule has 1 rings (SSSR count). The molecule has 0 aliphatic heterocycles. The van der Waals surface area contributed by atoms with Gasteiger partial charge in [0, 0.05) is 24.7 Å². The number of hydrogen-bond donors (Lipinski definition) is 3. The second-order valence-corrected chi connectivity index (χ2v) is 4.19. The second kappa shape index (κ2) is 8.79. The molecule has 0 atom stereocenters. The first-order valence-corrected chi connectivity index (χ1v) is 6.61. The van der Waals surface area contributed by atoms with Crippen LogP contribution >= 0.6 is 0 Å². The quantitative estimate of drug-likeness (QED) is 0.638. The van der Waals surface area contributed by atoms with Gasteiger partial charge in [0.05, 0.1) is 6.61 Å². The highest BCUT2D eigenvalue weighted by atomic mass is 16.5. The Kier molecular flexibility index (Phi) is 6.95. The predicted octanol–water partition coefficient (Wildman–Crippen LogP) is 2.46.